The molecule has 1 aromatic rings. The molecule has 1 aromatic carbocycles. The average molecular weight is 310 g/mol. The maximum atomic E-state index is 12.4. The molecule has 1 nitrogen and oxygen atoms in total. The Balaban J connectivity index is 0.00000289. The summed E-state index contributed by atoms with van der Waals surface area (Å²) in [4.78, 5) is 0. The van der Waals surface area contributed by atoms with Crippen molar-refractivity contribution in [3.8, 4) is 0 Å². The Morgan fingerprint density at radius 3 is 2.22 bits per heavy atom. The standard InChI is InChI=1S/C10H9ClF5N.ClH/c11-7-2-1-5(10(14,15)16)3-6(7)8(17)4-9(12)13;/h1-3,8-9H,4,17H2;1H/t8-;/m0./s1. The summed E-state index contributed by atoms with van der Waals surface area (Å²) in [7, 11) is 0. The van der Waals surface area contributed by atoms with Crippen LogP contribution in [0, 0.1) is 0 Å². The molecular weight excluding hydrogens is 300 g/mol. The fraction of sp³-hybridized carbons (Fsp3) is 0.400. The third-order valence-corrected chi connectivity index (χ3v) is 2.50. The minimum Gasteiger partial charge on any atom is -0.324 e. The summed E-state index contributed by atoms with van der Waals surface area (Å²) < 4.78 is 61.4. The third-order valence-electron chi connectivity index (χ3n) is 2.15. The van der Waals surface area contributed by atoms with Crippen LogP contribution in [0.2, 0.25) is 5.02 Å². The molecule has 1 rings (SSSR count). The van der Waals surface area contributed by atoms with Crippen molar-refractivity contribution in [3.63, 3.8) is 0 Å². The first-order valence-electron chi connectivity index (χ1n) is 4.62. The van der Waals surface area contributed by atoms with Crippen LogP contribution in [0.25, 0.3) is 0 Å². The number of benzene rings is 1. The molecule has 0 radical (unpaired) electrons. The van der Waals surface area contributed by atoms with E-state index in [1.807, 2.05) is 0 Å². The van der Waals surface area contributed by atoms with Gasteiger partial charge >= 0.3 is 6.18 Å². The van der Waals surface area contributed by atoms with Gasteiger partial charge in [-0.25, -0.2) is 8.78 Å². The molecule has 0 unspecified atom stereocenters. The molecule has 0 aromatic heterocycles. The van der Waals surface area contributed by atoms with Crippen LogP contribution >= 0.6 is 24.0 Å². The zero-order valence-corrected chi connectivity index (χ0v) is 10.4. The van der Waals surface area contributed by atoms with Crippen LogP contribution in [0.15, 0.2) is 18.2 Å². The van der Waals surface area contributed by atoms with E-state index in [9.17, 15) is 22.0 Å². The summed E-state index contributed by atoms with van der Waals surface area (Å²) in [5, 5.41) is -0.0499. The van der Waals surface area contributed by atoms with Crippen LogP contribution in [0.5, 0.6) is 0 Å². The summed E-state index contributed by atoms with van der Waals surface area (Å²) in [5.41, 5.74) is 4.30. The number of halogens is 7. The number of rotatable bonds is 3. The monoisotopic (exact) mass is 309 g/mol. The topological polar surface area (TPSA) is 26.0 Å². The minimum atomic E-state index is -4.55. The first-order valence-corrected chi connectivity index (χ1v) is 5.00. The van der Waals surface area contributed by atoms with Gasteiger partial charge in [0.25, 0.3) is 0 Å². The lowest BCUT2D eigenvalue weighted by Crippen LogP contribution is -2.16. The lowest BCUT2D eigenvalue weighted by molar-refractivity contribution is -0.137. The molecule has 18 heavy (non-hydrogen) atoms. The van der Waals surface area contributed by atoms with Crippen LogP contribution < -0.4 is 5.73 Å². The summed E-state index contributed by atoms with van der Waals surface area (Å²) in [6, 6.07) is 1.27. The van der Waals surface area contributed by atoms with Gasteiger partial charge in [-0.3, -0.25) is 0 Å². The highest BCUT2D eigenvalue weighted by Gasteiger charge is 2.31. The first-order chi connectivity index (χ1) is 7.71. The van der Waals surface area contributed by atoms with Crippen molar-refractivity contribution in [1.29, 1.82) is 0 Å². The van der Waals surface area contributed by atoms with Crippen LogP contribution in [-0.2, 0) is 6.18 Å². The van der Waals surface area contributed by atoms with Crippen molar-refractivity contribution in [1.82, 2.24) is 0 Å². The quantitative estimate of drug-likeness (QED) is 0.821. The lowest BCUT2D eigenvalue weighted by atomic mass is 10.0. The lowest BCUT2D eigenvalue weighted by Gasteiger charge is -2.15. The van der Waals surface area contributed by atoms with Crippen LogP contribution in [-0.4, -0.2) is 6.43 Å². The van der Waals surface area contributed by atoms with Gasteiger partial charge < -0.3 is 5.73 Å². The van der Waals surface area contributed by atoms with E-state index in [1.165, 1.54) is 0 Å². The van der Waals surface area contributed by atoms with Gasteiger partial charge in [0.1, 0.15) is 0 Å². The van der Waals surface area contributed by atoms with E-state index in [1.54, 1.807) is 0 Å². The van der Waals surface area contributed by atoms with E-state index in [-0.39, 0.29) is 23.0 Å². The average Bonchev–Trinajstić information content (AvgIpc) is 2.15. The second-order valence-corrected chi connectivity index (χ2v) is 3.87. The zero-order valence-electron chi connectivity index (χ0n) is 8.85. The molecule has 0 saturated heterocycles. The summed E-state index contributed by atoms with van der Waals surface area (Å²) >= 11 is 5.63. The van der Waals surface area contributed by atoms with E-state index in [4.69, 9.17) is 17.3 Å². The maximum absolute atomic E-state index is 12.4. The smallest absolute Gasteiger partial charge is 0.324 e. The SMILES string of the molecule is Cl.N[C@@H](CC(F)F)c1cc(C(F)(F)F)ccc1Cl. The number of alkyl halides is 5. The second kappa shape index (κ2) is 6.54. The van der Waals surface area contributed by atoms with E-state index < -0.39 is 30.6 Å². The van der Waals surface area contributed by atoms with Gasteiger partial charge in [0.2, 0.25) is 6.43 Å². The molecule has 8 heteroatoms. The van der Waals surface area contributed by atoms with E-state index >= 15 is 0 Å². The van der Waals surface area contributed by atoms with Gasteiger partial charge in [-0.1, -0.05) is 11.6 Å². The Morgan fingerprint density at radius 1 is 1.22 bits per heavy atom. The molecule has 0 aliphatic carbocycles. The largest absolute Gasteiger partial charge is 0.416 e. The number of hydrogen-bond acceptors (Lipinski definition) is 1. The predicted molar refractivity (Wildman–Crippen MR) is 61.3 cm³/mol. The summed E-state index contributed by atoms with van der Waals surface area (Å²) in [5.74, 6) is 0. The second-order valence-electron chi connectivity index (χ2n) is 3.47. The fourth-order valence-corrected chi connectivity index (χ4v) is 1.58. The Hall–Kier alpha value is -0.590. The molecule has 0 saturated carbocycles. The predicted octanol–water partition coefficient (Wildman–Crippen LogP) is 4.44. The normalized spacial score (nSPS) is 13.3. The highest BCUT2D eigenvalue weighted by atomic mass is 35.5. The highest BCUT2D eigenvalue weighted by molar-refractivity contribution is 6.31. The van der Waals surface area contributed by atoms with Gasteiger partial charge in [0.05, 0.1) is 5.56 Å². The van der Waals surface area contributed by atoms with Crippen molar-refractivity contribution in [2.24, 2.45) is 5.73 Å². The summed E-state index contributed by atoms with van der Waals surface area (Å²) in [6.45, 7) is 0. The minimum absolute atomic E-state index is 0. The van der Waals surface area contributed by atoms with Crippen molar-refractivity contribution >= 4 is 24.0 Å². The molecular formula is C10H10Cl2F5N. The molecule has 0 amide bonds. The molecule has 104 valence electrons. The van der Waals surface area contributed by atoms with Gasteiger partial charge in [0, 0.05) is 17.5 Å². The molecule has 0 bridgehead atoms. The first kappa shape index (κ1) is 17.4. The number of nitrogens with two attached hydrogens (primary N) is 1. The highest BCUT2D eigenvalue weighted by Crippen LogP contribution is 2.34. The van der Waals surface area contributed by atoms with Crippen LogP contribution in [0.4, 0.5) is 22.0 Å². The summed E-state index contributed by atoms with van der Waals surface area (Å²) in [6.07, 6.45) is -7.99. The van der Waals surface area contributed by atoms with Crippen molar-refractivity contribution < 1.29 is 22.0 Å². The van der Waals surface area contributed by atoms with E-state index in [2.05, 4.69) is 0 Å². The van der Waals surface area contributed by atoms with Crippen molar-refractivity contribution in [2.75, 3.05) is 0 Å². The Morgan fingerprint density at radius 2 is 1.78 bits per heavy atom. The van der Waals surface area contributed by atoms with Crippen molar-refractivity contribution in [2.45, 2.75) is 25.1 Å². The molecule has 0 fully saturated rings. The Labute approximate surface area is 112 Å². The van der Waals surface area contributed by atoms with Crippen LogP contribution in [0.3, 0.4) is 0 Å². The fourth-order valence-electron chi connectivity index (χ4n) is 1.32. The van der Waals surface area contributed by atoms with Crippen molar-refractivity contribution in [3.05, 3.63) is 34.3 Å². The van der Waals surface area contributed by atoms with Gasteiger partial charge in [-0.05, 0) is 23.8 Å². The molecule has 0 aliphatic rings. The maximum Gasteiger partial charge on any atom is 0.416 e. The van der Waals surface area contributed by atoms with E-state index in [0.717, 1.165) is 12.1 Å². The van der Waals surface area contributed by atoms with Gasteiger partial charge in [-0.2, -0.15) is 13.2 Å². The number of hydrogen-bond donors (Lipinski definition) is 1. The Bertz CT molecular complexity index is 394. The molecule has 0 aliphatic heterocycles. The van der Waals surface area contributed by atoms with Crippen LogP contribution in [0.1, 0.15) is 23.6 Å². The third kappa shape index (κ3) is 4.59. The Kier molecular flexibility index (Phi) is 6.33. The van der Waals surface area contributed by atoms with Gasteiger partial charge in [0.15, 0.2) is 0 Å². The zero-order chi connectivity index (χ0) is 13.2. The molecule has 0 spiro atoms. The van der Waals surface area contributed by atoms with Gasteiger partial charge in [-0.15, -0.1) is 12.4 Å². The molecule has 0 heterocycles. The van der Waals surface area contributed by atoms with E-state index in [0.29, 0.717) is 6.07 Å². The molecule has 2 N–H and O–H groups in total. The molecule has 1 atom stereocenters.